The van der Waals surface area contributed by atoms with Gasteiger partial charge in [0.25, 0.3) is 5.91 Å². The Bertz CT molecular complexity index is 772. The summed E-state index contributed by atoms with van der Waals surface area (Å²) in [5.74, 6) is 0.944. The van der Waals surface area contributed by atoms with E-state index in [9.17, 15) is 4.79 Å². The number of hydrogen-bond acceptors (Lipinski definition) is 3. The molecule has 25 heavy (non-hydrogen) atoms. The van der Waals surface area contributed by atoms with Crippen LogP contribution in [0.1, 0.15) is 28.4 Å². The smallest absolute Gasteiger partial charge is 0.254 e. The molecule has 3 rings (SSSR count). The molecule has 0 saturated heterocycles. The topological polar surface area (TPSA) is 32.8 Å². The highest BCUT2D eigenvalue weighted by Gasteiger charge is 2.27. The Kier molecular flexibility index (Phi) is 4.98. The predicted octanol–water partition coefficient (Wildman–Crippen LogP) is 3.66. The third-order valence-electron chi connectivity index (χ3n) is 4.75. The van der Waals surface area contributed by atoms with Crippen molar-refractivity contribution >= 4 is 11.6 Å². The van der Waals surface area contributed by atoms with Crippen LogP contribution in [0.4, 0.5) is 5.69 Å². The van der Waals surface area contributed by atoms with Crippen molar-refractivity contribution in [2.75, 3.05) is 31.6 Å². The molecule has 0 N–H and O–H groups in total. The van der Waals surface area contributed by atoms with Gasteiger partial charge in [0.05, 0.1) is 18.8 Å². The summed E-state index contributed by atoms with van der Waals surface area (Å²) >= 11 is 0. The fraction of sp³-hybridized carbons (Fsp3) is 0.381. The molecule has 1 aliphatic heterocycles. The fourth-order valence-corrected chi connectivity index (χ4v) is 3.33. The van der Waals surface area contributed by atoms with Gasteiger partial charge in [-0.3, -0.25) is 4.79 Å². The molecule has 1 heterocycles. The zero-order chi connectivity index (χ0) is 18.0. The molecule has 0 unspecified atom stereocenters. The van der Waals surface area contributed by atoms with Crippen LogP contribution in [0.3, 0.4) is 0 Å². The van der Waals surface area contributed by atoms with Crippen LogP contribution in [-0.2, 0) is 0 Å². The highest BCUT2D eigenvalue weighted by molar-refractivity contribution is 5.95. The first-order chi connectivity index (χ1) is 12.0. The van der Waals surface area contributed by atoms with Crippen LogP contribution < -0.4 is 9.64 Å². The average Bonchev–Trinajstić information content (AvgIpc) is 2.62. The van der Waals surface area contributed by atoms with E-state index in [1.165, 1.54) is 0 Å². The lowest BCUT2D eigenvalue weighted by Gasteiger charge is -2.37. The molecular formula is C21H26N2O2. The summed E-state index contributed by atoms with van der Waals surface area (Å²) in [6.45, 7) is 8.41. The first-order valence-electron chi connectivity index (χ1n) is 8.83. The fourth-order valence-electron chi connectivity index (χ4n) is 3.33. The molecule has 0 aliphatic carbocycles. The van der Waals surface area contributed by atoms with E-state index in [4.69, 9.17) is 4.74 Å². The van der Waals surface area contributed by atoms with E-state index in [1.807, 2.05) is 57.3 Å². The van der Waals surface area contributed by atoms with Crippen molar-refractivity contribution in [2.45, 2.75) is 26.9 Å². The molecule has 0 spiro atoms. The minimum atomic E-state index is -0.0334. The average molecular weight is 338 g/mol. The zero-order valence-electron chi connectivity index (χ0n) is 15.5. The van der Waals surface area contributed by atoms with Gasteiger partial charge in [0.15, 0.2) is 0 Å². The van der Waals surface area contributed by atoms with Crippen molar-refractivity contribution in [1.82, 2.24) is 4.90 Å². The van der Waals surface area contributed by atoms with E-state index in [2.05, 4.69) is 17.9 Å². The summed E-state index contributed by atoms with van der Waals surface area (Å²) in [5, 5.41) is 0. The molecule has 0 radical (unpaired) electrons. The molecule has 0 aromatic heterocycles. The number of benzene rings is 2. The number of aryl methyl sites for hydroxylation is 2. The summed E-state index contributed by atoms with van der Waals surface area (Å²) in [4.78, 5) is 16.9. The number of hydrogen-bond donors (Lipinski definition) is 0. The summed E-state index contributed by atoms with van der Waals surface area (Å²) in [5.41, 5.74) is 4.01. The number of fused-ring (bicyclic) bond motifs is 1. The molecule has 0 bridgehead atoms. The maximum absolute atomic E-state index is 12.8. The lowest BCUT2D eigenvalue weighted by Crippen LogP contribution is -2.46. The molecule has 2 aromatic rings. The Labute approximate surface area is 150 Å². The molecule has 1 amide bonds. The van der Waals surface area contributed by atoms with Crippen LogP contribution in [0.15, 0.2) is 42.5 Å². The Morgan fingerprint density at radius 2 is 2.00 bits per heavy atom. The minimum Gasteiger partial charge on any atom is -0.485 e. The number of ether oxygens (including phenoxy) is 1. The third kappa shape index (κ3) is 3.63. The number of nitrogens with zero attached hydrogens (tertiary/aromatic N) is 2. The van der Waals surface area contributed by atoms with Crippen molar-refractivity contribution in [2.24, 2.45) is 0 Å². The SMILES string of the molecule is CCN1C[C@H](CN(C)C(=O)c2cc(C)ccc2C)Oc2ccccc21. The summed E-state index contributed by atoms with van der Waals surface area (Å²) < 4.78 is 6.14. The van der Waals surface area contributed by atoms with Crippen LogP contribution in [0, 0.1) is 13.8 Å². The molecule has 0 saturated carbocycles. The molecule has 2 aromatic carbocycles. The minimum absolute atomic E-state index is 0.0334. The van der Waals surface area contributed by atoms with Gasteiger partial charge in [-0.15, -0.1) is 0 Å². The second-order valence-electron chi connectivity index (χ2n) is 6.75. The number of anilines is 1. The standard InChI is InChI=1S/C21H26N2O2/c1-5-23-14-17(25-20-9-7-6-8-19(20)23)13-22(4)21(24)18-12-15(2)10-11-16(18)3/h6-12,17H,5,13-14H2,1-4H3/t17-/m0/s1. The number of rotatable bonds is 4. The molecule has 4 nitrogen and oxygen atoms in total. The van der Waals surface area contributed by atoms with E-state index in [0.717, 1.165) is 41.2 Å². The van der Waals surface area contributed by atoms with Gasteiger partial charge in [0.2, 0.25) is 0 Å². The van der Waals surface area contributed by atoms with Crippen molar-refractivity contribution in [1.29, 1.82) is 0 Å². The van der Waals surface area contributed by atoms with Crippen molar-refractivity contribution in [3.8, 4) is 5.75 Å². The van der Waals surface area contributed by atoms with Gasteiger partial charge >= 0.3 is 0 Å². The van der Waals surface area contributed by atoms with Crippen LogP contribution in [0.2, 0.25) is 0 Å². The Hall–Kier alpha value is -2.49. The Morgan fingerprint density at radius 1 is 1.24 bits per heavy atom. The maximum Gasteiger partial charge on any atom is 0.254 e. The largest absolute Gasteiger partial charge is 0.485 e. The Morgan fingerprint density at radius 3 is 2.76 bits per heavy atom. The normalized spacial score (nSPS) is 16.2. The number of carbonyl (C=O) groups excluding carboxylic acids is 1. The van der Waals surface area contributed by atoms with Gasteiger partial charge in [-0.25, -0.2) is 0 Å². The second kappa shape index (κ2) is 7.18. The van der Waals surface area contributed by atoms with Crippen molar-refractivity contribution < 1.29 is 9.53 Å². The van der Waals surface area contributed by atoms with Gasteiger partial charge in [-0.2, -0.15) is 0 Å². The number of likely N-dealkylation sites (N-methyl/N-ethyl adjacent to an activating group) is 2. The van der Waals surface area contributed by atoms with Gasteiger partial charge in [0, 0.05) is 19.2 Å². The third-order valence-corrected chi connectivity index (χ3v) is 4.75. The highest BCUT2D eigenvalue weighted by Crippen LogP contribution is 2.32. The summed E-state index contributed by atoms with van der Waals surface area (Å²) in [6.07, 6.45) is -0.0334. The molecule has 4 heteroatoms. The van der Waals surface area contributed by atoms with E-state index >= 15 is 0 Å². The van der Waals surface area contributed by atoms with Crippen molar-refractivity contribution in [3.05, 3.63) is 59.2 Å². The second-order valence-corrected chi connectivity index (χ2v) is 6.75. The molecule has 0 fully saturated rings. The first-order valence-corrected chi connectivity index (χ1v) is 8.83. The molecular weight excluding hydrogens is 312 g/mol. The molecule has 132 valence electrons. The lowest BCUT2D eigenvalue weighted by molar-refractivity contribution is 0.0709. The monoisotopic (exact) mass is 338 g/mol. The van der Waals surface area contributed by atoms with E-state index in [0.29, 0.717) is 6.54 Å². The first kappa shape index (κ1) is 17.3. The van der Waals surface area contributed by atoms with Gasteiger partial charge in [-0.1, -0.05) is 29.8 Å². The van der Waals surface area contributed by atoms with Crippen molar-refractivity contribution in [3.63, 3.8) is 0 Å². The van der Waals surface area contributed by atoms with E-state index in [1.54, 1.807) is 4.90 Å². The summed E-state index contributed by atoms with van der Waals surface area (Å²) in [6, 6.07) is 14.1. The summed E-state index contributed by atoms with van der Waals surface area (Å²) in [7, 11) is 1.85. The number of para-hydroxylation sites is 2. The molecule has 1 aliphatic rings. The lowest BCUT2D eigenvalue weighted by atomic mass is 10.0. The van der Waals surface area contributed by atoms with Crippen LogP contribution in [-0.4, -0.2) is 43.6 Å². The highest BCUT2D eigenvalue weighted by atomic mass is 16.5. The van der Waals surface area contributed by atoms with E-state index in [-0.39, 0.29) is 12.0 Å². The predicted molar refractivity (Wildman–Crippen MR) is 102 cm³/mol. The van der Waals surface area contributed by atoms with Crippen LogP contribution >= 0.6 is 0 Å². The van der Waals surface area contributed by atoms with E-state index < -0.39 is 0 Å². The van der Waals surface area contributed by atoms with Gasteiger partial charge in [0.1, 0.15) is 11.9 Å². The maximum atomic E-state index is 12.8. The van der Waals surface area contributed by atoms with Crippen LogP contribution in [0.25, 0.3) is 0 Å². The number of amides is 1. The van der Waals surface area contributed by atoms with Crippen LogP contribution in [0.5, 0.6) is 5.75 Å². The zero-order valence-corrected chi connectivity index (χ0v) is 15.5. The quantitative estimate of drug-likeness (QED) is 0.853. The molecule has 1 atom stereocenters. The number of carbonyl (C=O) groups is 1. The Balaban J connectivity index is 1.74. The van der Waals surface area contributed by atoms with Gasteiger partial charge < -0.3 is 14.5 Å². The van der Waals surface area contributed by atoms with Gasteiger partial charge in [-0.05, 0) is 44.5 Å².